The van der Waals surface area contributed by atoms with Crippen LogP contribution in [0.1, 0.15) is 26.7 Å². The molecule has 96 valence electrons. The van der Waals surface area contributed by atoms with E-state index in [-0.39, 0.29) is 13.3 Å². The summed E-state index contributed by atoms with van der Waals surface area (Å²) in [6, 6.07) is 0. The topological polar surface area (TPSA) is 35.6 Å². The van der Waals surface area contributed by atoms with Crippen molar-refractivity contribution in [1.29, 1.82) is 0 Å². The smallest absolute Gasteiger partial charge is 0.234 e. The van der Waals surface area contributed by atoms with Gasteiger partial charge in [-0.25, -0.2) is 0 Å². The van der Waals surface area contributed by atoms with Crippen LogP contribution in [0, 0.1) is 0 Å². The normalized spacial score (nSPS) is 22.5. The lowest BCUT2D eigenvalue weighted by atomic mass is 10.1. The third kappa shape index (κ3) is 6.80. The maximum atomic E-state index is 10.5. The highest BCUT2D eigenvalue weighted by Gasteiger charge is 2.10. The summed E-state index contributed by atoms with van der Waals surface area (Å²) in [6.07, 6.45) is 4.28. The largest absolute Gasteiger partial charge is 0.354 e. The average Bonchev–Trinajstić information content (AvgIpc) is 2.19. The van der Waals surface area contributed by atoms with Crippen LogP contribution in [0.2, 0.25) is 0 Å². The van der Waals surface area contributed by atoms with Crippen LogP contribution in [0.3, 0.4) is 0 Å². The van der Waals surface area contributed by atoms with Gasteiger partial charge in [0.25, 0.3) is 0 Å². The number of hydrogen-bond acceptors (Lipinski definition) is 3. The number of nitrogens with one attached hydrogen (secondary N) is 1. The van der Waals surface area contributed by atoms with Gasteiger partial charge >= 0.3 is 0 Å². The van der Waals surface area contributed by atoms with Crippen molar-refractivity contribution in [2.24, 2.45) is 0 Å². The minimum atomic E-state index is 0. The number of likely N-dealkylation sites (tertiary alicyclic amines) is 1. The summed E-state index contributed by atoms with van der Waals surface area (Å²) < 4.78 is 0. The molecule has 4 nitrogen and oxygen atoms in total. The van der Waals surface area contributed by atoms with Crippen molar-refractivity contribution < 1.29 is 4.79 Å². The Labute approximate surface area is 100.0 Å². The van der Waals surface area contributed by atoms with E-state index < -0.39 is 0 Å². The molecule has 0 spiro atoms. The fourth-order valence-corrected chi connectivity index (χ4v) is 1.82. The van der Waals surface area contributed by atoms with Gasteiger partial charge < -0.3 is 10.2 Å². The molecule has 2 aliphatic rings. The summed E-state index contributed by atoms with van der Waals surface area (Å²) in [6.45, 7) is 4.97. The molecule has 0 unspecified atom stereocenters. The van der Waals surface area contributed by atoms with Crippen molar-refractivity contribution in [2.75, 3.05) is 46.8 Å². The van der Waals surface area contributed by atoms with E-state index >= 15 is 0 Å². The maximum absolute atomic E-state index is 10.5. The summed E-state index contributed by atoms with van der Waals surface area (Å²) in [7, 11) is 4.14. The summed E-state index contributed by atoms with van der Waals surface area (Å²) in [5.41, 5.74) is 0. The number of carbonyl (C=O) groups is 1. The predicted octanol–water partition coefficient (Wildman–Crippen LogP) is 0.786. The molecule has 1 amide bonds. The highest BCUT2D eigenvalue weighted by molar-refractivity contribution is 5.78. The summed E-state index contributed by atoms with van der Waals surface area (Å²) in [5, 5.41) is 2.73. The molecule has 2 aliphatic heterocycles. The molecule has 16 heavy (non-hydrogen) atoms. The van der Waals surface area contributed by atoms with Crippen LogP contribution < -0.4 is 5.32 Å². The molecule has 0 aliphatic carbocycles. The number of amides is 1. The second kappa shape index (κ2) is 8.53. The Kier molecular flexibility index (Phi) is 8.21. The van der Waals surface area contributed by atoms with Crippen molar-refractivity contribution in [3.63, 3.8) is 0 Å². The van der Waals surface area contributed by atoms with Gasteiger partial charge in [-0.3, -0.25) is 9.69 Å². The molecule has 2 saturated heterocycles. The molecule has 0 aromatic heterocycles. The predicted molar refractivity (Wildman–Crippen MR) is 68.6 cm³/mol. The molecule has 0 atom stereocenters. The molecule has 1 N–H and O–H groups in total. The van der Waals surface area contributed by atoms with Crippen molar-refractivity contribution in [3.05, 3.63) is 0 Å². The van der Waals surface area contributed by atoms with Crippen LogP contribution in [-0.2, 0) is 4.79 Å². The molecule has 0 radical (unpaired) electrons. The molecule has 2 fully saturated rings. The van der Waals surface area contributed by atoms with Crippen LogP contribution >= 0.6 is 0 Å². The Bertz CT molecular complexity index is 191. The van der Waals surface area contributed by atoms with Crippen LogP contribution in [0.15, 0.2) is 0 Å². The summed E-state index contributed by atoms with van der Waals surface area (Å²) in [5.74, 6) is 0.138. The summed E-state index contributed by atoms with van der Waals surface area (Å²) in [4.78, 5) is 14.9. The van der Waals surface area contributed by atoms with Gasteiger partial charge in [0.1, 0.15) is 0 Å². The lowest BCUT2D eigenvalue weighted by Gasteiger charge is -2.21. The first-order valence-corrected chi connectivity index (χ1v) is 5.82. The van der Waals surface area contributed by atoms with Crippen molar-refractivity contribution >= 4 is 5.91 Å². The summed E-state index contributed by atoms with van der Waals surface area (Å²) >= 11 is 0. The van der Waals surface area contributed by atoms with E-state index in [1.807, 2.05) is 11.9 Å². The standard InChI is InChI=1S/C6H13N.C5H10N2O.CH4/c1-7-5-3-2-4-6-7;1-7-3-2-6-5(8)4-7;/h2-6H2,1H3;2-4H2,1H3,(H,6,8);1H4. The van der Waals surface area contributed by atoms with Gasteiger partial charge in [0.15, 0.2) is 0 Å². The Morgan fingerprint density at radius 2 is 1.62 bits per heavy atom. The van der Waals surface area contributed by atoms with E-state index in [4.69, 9.17) is 0 Å². The number of piperazine rings is 1. The van der Waals surface area contributed by atoms with Crippen LogP contribution in [0.5, 0.6) is 0 Å². The molecule has 0 aromatic carbocycles. The molecular formula is C12H27N3O. The molecular weight excluding hydrogens is 202 g/mol. The Hall–Kier alpha value is -0.610. The Balaban J connectivity index is 0.000000267. The molecule has 0 bridgehead atoms. The zero-order valence-corrected chi connectivity index (χ0v) is 9.96. The van der Waals surface area contributed by atoms with Gasteiger partial charge in [0.05, 0.1) is 6.54 Å². The van der Waals surface area contributed by atoms with Gasteiger partial charge in [-0.1, -0.05) is 13.8 Å². The molecule has 0 aromatic rings. The molecule has 0 saturated carbocycles. The van der Waals surface area contributed by atoms with Gasteiger partial charge in [-0.15, -0.1) is 0 Å². The third-order valence-electron chi connectivity index (χ3n) is 2.81. The van der Waals surface area contributed by atoms with E-state index in [1.165, 1.54) is 32.4 Å². The van der Waals surface area contributed by atoms with E-state index in [9.17, 15) is 4.79 Å². The fourth-order valence-electron chi connectivity index (χ4n) is 1.82. The second-order valence-electron chi connectivity index (χ2n) is 4.45. The zero-order chi connectivity index (χ0) is 11.1. The highest BCUT2D eigenvalue weighted by atomic mass is 16.2. The van der Waals surface area contributed by atoms with E-state index in [2.05, 4.69) is 17.3 Å². The zero-order valence-electron chi connectivity index (χ0n) is 9.96. The van der Waals surface area contributed by atoms with Gasteiger partial charge in [-0.2, -0.15) is 0 Å². The first-order chi connectivity index (χ1) is 7.18. The Morgan fingerprint density at radius 1 is 1.00 bits per heavy atom. The van der Waals surface area contributed by atoms with E-state index in [0.29, 0.717) is 6.54 Å². The van der Waals surface area contributed by atoms with Crippen LogP contribution in [0.25, 0.3) is 0 Å². The third-order valence-corrected chi connectivity index (χ3v) is 2.81. The first-order valence-electron chi connectivity index (χ1n) is 5.82. The minimum Gasteiger partial charge on any atom is -0.354 e. The quantitative estimate of drug-likeness (QED) is 0.667. The van der Waals surface area contributed by atoms with Gasteiger partial charge in [0.2, 0.25) is 5.91 Å². The number of likely N-dealkylation sites (N-methyl/N-ethyl adjacent to an activating group) is 1. The number of hydrogen-bond donors (Lipinski definition) is 1. The first kappa shape index (κ1) is 15.4. The van der Waals surface area contributed by atoms with Gasteiger partial charge in [-0.05, 0) is 40.0 Å². The Morgan fingerprint density at radius 3 is 1.94 bits per heavy atom. The van der Waals surface area contributed by atoms with Crippen molar-refractivity contribution in [3.8, 4) is 0 Å². The lowest BCUT2D eigenvalue weighted by Crippen LogP contribution is -2.45. The van der Waals surface area contributed by atoms with Crippen molar-refractivity contribution in [2.45, 2.75) is 26.7 Å². The van der Waals surface area contributed by atoms with Crippen molar-refractivity contribution in [1.82, 2.24) is 15.1 Å². The molecule has 2 heterocycles. The van der Waals surface area contributed by atoms with Gasteiger partial charge in [0, 0.05) is 13.1 Å². The van der Waals surface area contributed by atoms with Crippen LogP contribution in [0.4, 0.5) is 0 Å². The molecule has 2 rings (SSSR count). The fraction of sp³-hybridized carbons (Fsp3) is 0.917. The van der Waals surface area contributed by atoms with Crippen LogP contribution in [-0.4, -0.2) is 62.5 Å². The highest BCUT2D eigenvalue weighted by Crippen LogP contribution is 2.04. The number of carbonyl (C=O) groups excluding carboxylic acids is 1. The number of piperidine rings is 1. The number of nitrogens with zero attached hydrogens (tertiary/aromatic N) is 2. The average molecular weight is 229 g/mol. The van der Waals surface area contributed by atoms with E-state index in [0.717, 1.165) is 13.1 Å². The lowest BCUT2D eigenvalue weighted by molar-refractivity contribution is -0.123. The SMILES string of the molecule is C.CN1CCCCC1.CN1CCNC(=O)C1. The minimum absolute atomic E-state index is 0. The molecule has 4 heteroatoms. The maximum Gasteiger partial charge on any atom is 0.234 e. The van der Waals surface area contributed by atoms with E-state index in [1.54, 1.807) is 0 Å². The second-order valence-corrected chi connectivity index (χ2v) is 4.45. The monoisotopic (exact) mass is 229 g/mol. The number of rotatable bonds is 0.